The number of nitrogens with one attached hydrogen (secondary N) is 1. The first-order valence-corrected chi connectivity index (χ1v) is 7.62. The fraction of sp³-hybridized carbons (Fsp3) is 0.562. The number of nitrogens with zero attached hydrogens (tertiary/aromatic N) is 1. The zero-order valence-corrected chi connectivity index (χ0v) is 12.2. The van der Waals surface area contributed by atoms with Gasteiger partial charge in [-0.3, -0.25) is 9.69 Å². The average molecular weight is 290 g/mol. The molecule has 1 aromatic rings. The van der Waals surface area contributed by atoms with E-state index in [1.54, 1.807) is 12.3 Å². The molecule has 0 bridgehead atoms. The van der Waals surface area contributed by atoms with Gasteiger partial charge in [0, 0.05) is 50.3 Å². The topological polar surface area (TPSA) is 54.7 Å². The predicted octanol–water partition coefficient (Wildman–Crippen LogP) is 1.53. The molecule has 5 nitrogen and oxygen atoms in total. The zero-order chi connectivity index (χ0) is 14.5. The van der Waals surface area contributed by atoms with Crippen molar-refractivity contribution in [3.8, 4) is 0 Å². The highest BCUT2D eigenvalue weighted by Crippen LogP contribution is 2.30. The molecular weight excluding hydrogens is 268 g/mol. The number of morpholine rings is 1. The maximum Gasteiger partial charge on any atom is 0.158 e. The first-order valence-electron chi connectivity index (χ1n) is 7.62. The van der Waals surface area contributed by atoms with Crippen LogP contribution >= 0.6 is 0 Å². The molecule has 114 valence electrons. The maximum absolute atomic E-state index is 11.9. The van der Waals surface area contributed by atoms with Gasteiger partial charge >= 0.3 is 0 Å². The Morgan fingerprint density at radius 2 is 2.14 bits per heavy atom. The van der Waals surface area contributed by atoms with Crippen LogP contribution in [0.2, 0.25) is 0 Å². The summed E-state index contributed by atoms with van der Waals surface area (Å²) < 4.78 is 10.8. The molecule has 2 heterocycles. The van der Waals surface area contributed by atoms with Crippen LogP contribution < -0.4 is 5.32 Å². The second-order valence-electron chi connectivity index (χ2n) is 5.64. The molecule has 3 rings (SSSR count). The largest absolute Gasteiger partial charge is 0.469 e. The molecule has 1 atom stereocenters. The van der Waals surface area contributed by atoms with Crippen LogP contribution in [0.5, 0.6) is 0 Å². The molecule has 0 saturated carbocycles. The molecule has 21 heavy (non-hydrogen) atoms. The highest BCUT2D eigenvalue weighted by molar-refractivity contribution is 5.91. The van der Waals surface area contributed by atoms with Crippen molar-refractivity contribution >= 4 is 5.78 Å². The summed E-state index contributed by atoms with van der Waals surface area (Å²) in [6.45, 7) is 5.48. The molecule has 5 heteroatoms. The molecule has 0 spiro atoms. The summed E-state index contributed by atoms with van der Waals surface area (Å²) in [4.78, 5) is 14.2. The summed E-state index contributed by atoms with van der Waals surface area (Å²) in [6.07, 6.45) is 4.81. The van der Waals surface area contributed by atoms with Crippen molar-refractivity contribution in [2.24, 2.45) is 0 Å². The fourth-order valence-electron chi connectivity index (χ4n) is 2.94. The first-order chi connectivity index (χ1) is 10.3. The van der Waals surface area contributed by atoms with Gasteiger partial charge in [0.1, 0.15) is 5.76 Å². The Kier molecular flexibility index (Phi) is 4.72. The smallest absolute Gasteiger partial charge is 0.158 e. The monoisotopic (exact) mass is 290 g/mol. The van der Waals surface area contributed by atoms with Gasteiger partial charge in [-0.2, -0.15) is 0 Å². The molecule has 1 aliphatic heterocycles. The van der Waals surface area contributed by atoms with Gasteiger partial charge in [0.15, 0.2) is 5.78 Å². The minimum Gasteiger partial charge on any atom is -0.469 e. The van der Waals surface area contributed by atoms with Gasteiger partial charge in [0.25, 0.3) is 0 Å². The Balaban J connectivity index is 1.49. The van der Waals surface area contributed by atoms with E-state index in [1.165, 1.54) is 0 Å². The van der Waals surface area contributed by atoms with Crippen molar-refractivity contribution in [2.75, 3.05) is 39.4 Å². The highest BCUT2D eigenvalue weighted by Gasteiger charge is 2.24. The van der Waals surface area contributed by atoms with Gasteiger partial charge in [0.2, 0.25) is 0 Å². The third-order valence-electron chi connectivity index (χ3n) is 4.08. The van der Waals surface area contributed by atoms with Crippen LogP contribution in [0.4, 0.5) is 0 Å². The Hall–Kier alpha value is -1.59. The lowest BCUT2D eigenvalue weighted by molar-refractivity contribution is -0.115. The molecule has 1 aromatic heterocycles. The first kappa shape index (κ1) is 14.4. The zero-order valence-electron chi connectivity index (χ0n) is 12.2. The summed E-state index contributed by atoms with van der Waals surface area (Å²) in [5.41, 5.74) is 1.03. The second kappa shape index (κ2) is 6.91. The Morgan fingerprint density at radius 1 is 1.29 bits per heavy atom. The van der Waals surface area contributed by atoms with Crippen LogP contribution in [0.3, 0.4) is 0 Å². The summed E-state index contributed by atoms with van der Waals surface area (Å²) >= 11 is 0. The lowest BCUT2D eigenvalue weighted by Crippen LogP contribution is -2.40. The van der Waals surface area contributed by atoms with Crippen molar-refractivity contribution in [1.29, 1.82) is 0 Å². The standard InChI is InChI=1S/C16H22N2O3/c19-15-11-13(16-2-1-7-21-16)10-14(12-15)17-3-4-18-5-8-20-9-6-18/h1-2,7,12-13,17H,3-6,8-11H2/t13-/m0/s1. The van der Waals surface area contributed by atoms with Crippen molar-refractivity contribution in [1.82, 2.24) is 10.2 Å². The van der Waals surface area contributed by atoms with E-state index in [4.69, 9.17) is 9.15 Å². The van der Waals surface area contributed by atoms with E-state index in [2.05, 4.69) is 10.2 Å². The van der Waals surface area contributed by atoms with Gasteiger partial charge in [0.05, 0.1) is 19.5 Å². The molecule has 2 aliphatic rings. The third-order valence-corrected chi connectivity index (χ3v) is 4.08. The number of carbonyl (C=O) groups is 1. The van der Waals surface area contributed by atoms with E-state index >= 15 is 0 Å². The van der Waals surface area contributed by atoms with Crippen LogP contribution in [0.15, 0.2) is 34.6 Å². The Bertz CT molecular complexity index is 490. The molecule has 1 saturated heterocycles. The summed E-state index contributed by atoms with van der Waals surface area (Å²) in [5, 5.41) is 3.41. The van der Waals surface area contributed by atoms with Crippen LogP contribution in [0.25, 0.3) is 0 Å². The number of hydrogen-bond acceptors (Lipinski definition) is 5. The highest BCUT2D eigenvalue weighted by atomic mass is 16.5. The number of furan rings is 1. The molecular formula is C16H22N2O3. The van der Waals surface area contributed by atoms with Crippen LogP contribution in [0, 0.1) is 0 Å². The van der Waals surface area contributed by atoms with E-state index in [-0.39, 0.29) is 11.7 Å². The van der Waals surface area contributed by atoms with E-state index in [9.17, 15) is 4.79 Å². The third kappa shape index (κ3) is 3.95. The van der Waals surface area contributed by atoms with E-state index < -0.39 is 0 Å². The van der Waals surface area contributed by atoms with Crippen molar-refractivity contribution < 1.29 is 13.9 Å². The van der Waals surface area contributed by atoms with Crippen molar-refractivity contribution in [3.63, 3.8) is 0 Å². The summed E-state index contributed by atoms with van der Waals surface area (Å²) in [5.74, 6) is 1.25. The number of allylic oxidation sites excluding steroid dienone is 2. The molecule has 1 N–H and O–H groups in total. The van der Waals surface area contributed by atoms with E-state index in [1.807, 2.05) is 12.1 Å². The van der Waals surface area contributed by atoms with Crippen molar-refractivity contribution in [2.45, 2.75) is 18.8 Å². The SMILES string of the molecule is O=C1C=C(NCCN2CCOCC2)C[C@H](c2ccco2)C1. The Labute approximate surface area is 124 Å². The quantitative estimate of drug-likeness (QED) is 0.891. The van der Waals surface area contributed by atoms with Gasteiger partial charge in [-0.1, -0.05) is 0 Å². The number of ketones is 1. The number of carbonyl (C=O) groups excluding carboxylic acids is 1. The van der Waals surface area contributed by atoms with Crippen molar-refractivity contribution in [3.05, 3.63) is 35.9 Å². The molecule has 1 aliphatic carbocycles. The molecule has 1 fully saturated rings. The molecule has 0 aromatic carbocycles. The minimum atomic E-state index is 0.170. The number of hydrogen-bond donors (Lipinski definition) is 1. The fourth-order valence-corrected chi connectivity index (χ4v) is 2.94. The number of rotatable bonds is 5. The summed E-state index contributed by atoms with van der Waals surface area (Å²) in [6, 6.07) is 3.83. The van der Waals surface area contributed by atoms with E-state index in [0.29, 0.717) is 6.42 Å². The lowest BCUT2D eigenvalue weighted by Gasteiger charge is -2.27. The Morgan fingerprint density at radius 3 is 2.90 bits per heavy atom. The van der Waals surface area contributed by atoms with E-state index in [0.717, 1.165) is 57.3 Å². The second-order valence-corrected chi connectivity index (χ2v) is 5.64. The van der Waals surface area contributed by atoms with Gasteiger partial charge in [-0.15, -0.1) is 0 Å². The summed E-state index contributed by atoms with van der Waals surface area (Å²) in [7, 11) is 0. The van der Waals surface area contributed by atoms with Gasteiger partial charge in [-0.25, -0.2) is 0 Å². The molecule has 0 amide bonds. The molecule has 0 unspecified atom stereocenters. The molecule has 0 radical (unpaired) electrons. The van der Waals surface area contributed by atoms with Crippen LogP contribution in [-0.4, -0.2) is 50.1 Å². The van der Waals surface area contributed by atoms with Crippen LogP contribution in [0.1, 0.15) is 24.5 Å². The minimum absolute atomic E-state index is 0.170. The maximum atomic E-state index is 11.9. The van der Waals surface area contributed by atoms with Crippen LogP contribution in [-0.2, 0) is 9.53 Å². The average Bonchev–Trinajstić information content (AvgIpc) is 3.02. The number of ether oxygens (including phenoxy) is 1. The lowest BCUT2D eigenvalue weighted by atomic mass is 9.89. The van der Waals surface area contributed by atoms with Gasteiger partial charge in [-0.05, 0) is 18.6 Å². The predicted molar refractivity (Wildman–Crippen MR) is 79.0 cm³/mol. The van der Waals surface area contributed by atoms with Gasteiger partial charge < -0.3 is 14.5 Å². The normalized spacial score (nSPS) is 23.9.